The number of H-pyrrole nitrogens is 1. The molecule has 0 bridgehead atoms. The van der Waals surface area contributed by atoms with Crippen LogP contribution in [-0.4, -0.2) is 47.2 Å². The molecule has 0 spiro atoms. The smallest absolute Gasteiger partial charge is 0.272 e. The number of halogens is 2. The predicted octanol–water partition coefficient (Wildman–Crippen LogP) is 3.32. The number of amides is 1. The Morgan fingerprint density at radius 2 is 1.48 bits per heavy atom. The van der Waals surface area contributed by atoms with Gasteiger partial charge in [0.25, 0.3) is 5.91 Å². The summed E-state index contributed by atoms with van der Waals surface area (Å²) in [4.78, 5) is 16.6. The molecule has 1 amide bonds. The normalized spacial score (nSPS) is 14.4. The summed E-state index contributed by atoms with van der Waals surface area (Å²) in [6.45, 7) is 2.49. The Balaban J connectivity index is 1.41. The molecule has 0 unspecified atom stereocenters. The Labute approximate surface area is 155 Å². The van der Waals surface area contributed by atoms with Crippen LogP contribution in [0.1, 0.15) is 10.5 Å². The number of nitrogens with zero attached hydrogens (tertiary/aromatic N) is 3. The van der Waals surface area contributed by atoms with Gasteiger partial charge in [-0.1, -0.05) is 0 Å². The highest BCUT2D eigenvalue weighted by atomic mass is 19.1. The van der Waals surface area contributed by atoms with Crippen molar-refractivity contribution in [1.82, 2.24) is 15.1 Å². The van der Waals surface area contributed by atoms with E-state index in [2.05, 4.69) is 15.1 Å². The largest absolute Gasteiger partial charge is 0.368 e. The first-order valence-electron chi connectivity index (χ1n) is 8.71. The molecular weight excluding hydrogens is 350 g/mol. The van der Waals surface area contributed by atoms with Gasteiger partial charge in [0.15, 0.2) is 0 Å². The molecule has 0 aliphatic carbocycles. The van der Waals surface area contributed by atoms with Crippen molar-refractivity contribution >= 4 is 11.6 Å². The van der Waals surface area contributed by atoms with Crippen molar-refractivity contribution in [3.8, 4) is 11.3 Å². The van der Waals surface area contributed by atoms with E-state index in [4.69, 9.17) is 0 Å². The van der Waals surface area contributed by atoms with Gasteiger partial charge in [-0.2, -0.15) is 5.10 Å². The van der Waals surface area contributed by atoms with Crippen molar-refractivity contribution < 1.29 is 13.6 Å². The second-order valence-electron chi connectivity index (χ2n) is 6.43. The molecule has 1 aromatic heterocycles. The first-order chi connectivity index (χ1) is 13.1. The SMILES string of the molecule is O=C(c1cc(-c2ccc(F)cc2)n[nH]1)N1CCN(c2ccc(F)cc2)CC1. The number of piperazine rings is 1. The Kier molecular flexibility index (Phi) is 4.58. The van der Waals surface area contributed by atoms with E-state index in [9.17, 15) is 13.6 Å². The van der Waals surface area contributed by atoms with Crippen LogP contribution in [0.25, 0.3) is 11.3 Å². The van der Waals surface area contributed by atoms with Crippen LogP contribution in [-0.2, 0) is 0 Å². The van der Waals surface area contributed by atoms with E-state index < -0.39 is 0 Å². The third-order valence-corrected chi connectivity index (χ3v) is 4.71. The number of hydrogen-bond acceptors (Lipinski definition) is 3. The van der Waals surface area contributed by atoms with Gasteiger partial charge in [-0.05, 0) is 54.6 Å². The first-order valence-corrected chi connectivity index (χ1v) is 8.71. The Hall–Kier alpha value is -3.22. The maximum atomic E-state index is 13.1. The molecule has 2 heterocycles. The zero-order chi connectivity index (χ0) is 18.8. The number of carbonyl (C=O) groups is 1. The van der Waals surface area contributed by atoms with E-state index in [1.165, 1.54) is 24.3 Å². The minimum Gasteiger partial charge on any atom is -0.368 e. The van der Waals surface area contributed by atoms with Crippen molar-refractivity contribution in [2.45, 2.75) is 0 Å². The van der Waals surface area contributed by atoms with E-state index in [0.29, 0.717) is 37.6 Å². The maximum absolute atomic E-state index is 13.1. The molecule has 5 nitrogen and oxygen atoms in total. The zero-order valence-corrected chi connectivity index (χ0v) is 14.5. The third-order valence-electron chi connectivity index (χ3n) is 4.71. The molecule has 1 aliphatic rings. The molecule has 27 heavy (non-hydrogen) atoms. The molecule has 138 valence electrons. The third kappa shape index (κ3) is 3.67. The number of nitrogens with one attached hydrogen (secondary N) is 1. The van der Waals surface area contributed by atoms with Crippen LogP contribution >= 0.6 is 0 Å². The lowest BCUT2D eigenvalue weighted by molar-refractivity contribution is 0.0741. The van der Waals surface area contributed by atoms with Gasteiger partial charge in [0.2, 0.25) is 0 Å². The molecule has 0 saturated carbocycles. The van der Waals surface area contributed by atoms with Gasteiger partial charge < -0.3 is 9.80 Å². The van der Waals surface area contributed by atoms with E-state index in [-0.39, 0.29) is 17.5 Å². The van der Waals surface area contributed by atoms with Gasteiger partial charge in [0.1, 0.15) is 17.3 Å². The Morgan fingerprint density at radius 3 is 2.11 bits per heavy atom. The van der Waals surface area contributed by atoms with Crippen LogP contribution in [0.3, 0.4) is 0 Å². The lowest BCUT2D eigenvalue weighted by Gasteiger charge is -2.35. The average molecular weight is 368 g/mol. The van der Waals surface area contributed by atoms with Crippen LogP contribution in [0.4, 0.5) is 14.5 Å². The highest BCUT2D eigenvalue weighted by molar-refractivity contribution is 5.93. The minimum atomic E-state index is -0.315. The summed E-state index contributed by atoms with van der Waals surface area (Å²) in [7, 11) is 0. The summed E-state index contributed by atoms with van der Waals surface area (Å²) in [6.07, 6.45) is 0. The highest BCUT2D eigenvalue weighted by Crippen LogP contribution is 2.20. The minimum absolute atomic E-state index is 0.116. The van der Waals surface area contributed by atoms with Crippen molar-refractivity contribution in [2.24, 2.45) is 0 Å². The van der Waals surface area contributed by atoms with Gasteiger partial charge in [0.05, 0.1) is 5.69 Å². The predicted molar refractivity (Wildman–Crippen MR) is 98.5 cm³/mol. The molecule has 1 aliphatic heterocycles. The van der Waals surface area contributed by atoms with Crippen molar-refractivity contribution in [3.05, 3.63) is 71.9 Å². The fraction of sp³-hybridized carbons (Fsp3) is 0.200. The molecule has 4 rings (SSSR count). The lowest BCUT2D eigenvalue weighted by Crippen LogP contribution is -2.48. The van der Waals surface area contributed by atoms with Crippen molar-refractivity contribution in [2.75, 3.05) is 31.1 Å². The molecular formula is C20H18F2N4O. The van der Waals surface area contributed by atoms with Gasteiger partial charge in [-0.3, -0.25) is 9.89 Å². The number of benzene rings is 2. The van der Waals surface area contributed by atoms with Gasteiger partial charge in [-0.25, -0.2) is 8.78 Å². The second kappa shape index (κ2) is 7.19. The fourth-order valence-corrected chi connectivity index (χ4v) is 3.19. The van der Waals surface area contributed by atoms with Gasteiger partial charge >= 0.3 is 0 Å². The summed E-state index contributed by atoms with van der Waals surface area (Å²) < 4.78 is 26.1. The van der Waals surface area contributed by atoms with Crippen LogP contribution in [0.5, 0.6) is 0 Å². The van der Waals surface area contributed by atoms with E-state index in [1.54, 1.807) is 35.2 Å². The van der Waals surface area contributed by atoms with Crippen molar-refractivity contribution in [3.63, 3.8) is 0 Å². The quantitative estimate of drug-likeness (QED) is 0.772. The van der Waals surface area contributed by atoms with Crippen LogP contribution in [0.2, 0.25) is 0 Å². The van der Waals surface area contributed by atoms with E-state index in [1.807, 2.05) is 0 Å². The second-order valence-corrected chi connectivity index (χ2v) is 6.43. The number of carbonyl (C=O) groups excluding carboxylic acids is 1. The van der Waals surface area contributed by atoms with E-state index >= 15 is 0 Å². The van der Waals surface area contributed by atoms with Gasteiger partial charge in [0, 0.05) is 37.4 Å². The molecule has 0 atom stereocenters. The average Bonchev–Trinajstić information content (AvgIpc) is 3.19. The number of hydrogen-bond donors (Lipinski definition) is 1. The number of aromatic nitrogens is 2. The molecule has 1 fully saturated rings. The number of rotatable bonds is 3. The van der Waals surface area contributed by atoms with Gasteiger partial charge in [-0.15, -0.1) is 0 Å². The van der Waals surface area contributed by atoms with Crippen LogP contribution < -0.4 is 4.90 Å². The number of aromatic amines is 1. The molecule has 1 N–H and O–H groups in total. The van der Waals surface area contributed by atoms with Crippen molar-refractivity contribution in [1.29, 1.82) is 0 Å². The molecule has 2 aromatic carbocycles. The van der Waals surface area contributed by atoms with Crippen LogP contribution in [0.15, 0.2) is 54.6 Å². The number of anilines is 1. The molecule has 1 saturated heterocycles. The van der Waals surface area contributed by atoms with Crippen LogP contribution in [0, 0.1) is 11.6 Å². The summed E-state index contributed by atoms with van der Waals surface area (Å²) in [5, 5.41) is 6.94. The topological polar surface area (TPSA) is 52.2 Å². The standard InChI is InChI=1S/C20H18F2N4O/c21-15-3-1-14(2-4-15)18-13-19(24-23-18)20(27)26-11-9-25(10-12-26)17-7-5-16(22)6-8-17/h1-8,13H,9-12H2,(H,23,24). The first kappa shape index (κ1) is 17.2. The summed E-state index contributed by atoms with van der Waals surface area (Å²) >= 11 is 0. The molecule has 3 aromatic rings. The summed E-state index contributed by atoms with van der Waals surface area (Å²) in [6, 6.07) is 14.0. The monoisotopic (exact) mass is 368 g/mol. The highest BCUT2D eigenvalue weighted by Gasteiger charge is 2.23. The summed E-state index contributed by atoms with van der Waals surface area (Å²) in [5.41, 5.74) is 2.70. The molecule has 7 heteroatoms. The Bertz CT molecular complexity index is 929. The van der Waals surface area contributed by atoms with E-state index in [0.717, 1.165) is 11.3 Å². The molecule has 0 radical (unpaired) electrons. The summed E-state index contributed by atoms with van der Waals surface area (Å²) in [5.74, 6) is -0.692. The maximum Gasteiger partial charge on any atom is 0.272 e. The lowest BCUT2D eigenvalue weighted by atomic mass is 10.1. The fourth-order valence-electron chi connectivity index (χ4n) is 3.19. The Morgan fingerprint density at radius 1 is 0.889 bits per heavy atom. The zero-order valence-electron chi connectivity index (χ0n) is 14.5.